The summed E-state index contributed by atoms with van der Waals surface area (Å²) in [6, 6.07) is -0.185. The number of carbonyl (C=O) groups excluding carboxylic acids is 2. The molecule has 1 atom stereocenters. The van der Waals surface area contributed by atoms with Gasteiger partial charge in [-0.15, -0.1) is 0 Å². The van der Waals surface area contributed by atoms with Gasteiger partial charge in [0.15, 0.2) is 0 Å². The Morgan fingerprint density at radius 2 is 2.08 bits per heavy atom. The van der Waals surface area contributed by atoms with Gasteiger partial charge in [0.25, 0.3) is 0 Å². The van der Waals surface area contributed by atoms with E-state index in [4.69, 9.17) is 0 Å². The first-order valence-electron chi connectivity index (χ1n) is 4.62. The maximum atomic E-state index is 11.4. The first-order chi connectivity index (χ1) is 6.02. The van der Waals surface area contributed by atoms with Crippen LogP contribution in [0.3, 0.4) is 0 Å². The third kappa shape index (κ3) is 2.20. The summed E-state index contributed by atoms with van der Waals surface area (Å²) in [6.45, 7) is 6.28. The van der Waals surface area contributed by atoms with Gasteiger partial charge in [0.05, 0.1) is 0 Å². The zero-order chi connectivity index (χ0) is 10.0. The lowest BCUT2D eigenvalue weighted by Gasteiger charge is -2.35. The normalized spacial score (nSPS) is 18.5. The van der Waals surface area contributed by atoms with Crippen LogP contribution in [-0.4, -0.2) is 35.3 Å². The molecule has 74 valence electrons. The molecule has 0 aromatic heterocycles. The molecule has 0 aromatic carbocycles. The van der Waals surface area contributed by atoms with E-state index in [-0.39, 0.29) is 23.9 Å². The second kappa shape index (κ2) is 3.77. The molecule has 0 radical (unpaired) electrons. The van der Waals surface area contributed by atoms with Gasteiger partial charge in [-0.25, -0.2) is 0 Å². The van der Waals surface area contributed by atoms with Crippen LogP contribution in [0.2, 0.25) is 0 Å². The molecule has 1 N–H and O–H groups in total. The topological polar surface area (TPSA) is 49.4 Å². The molecule has 0 unspecified atom stereocenters. The van der Waals surface area contributed by atoms with Crippen LogP contribution in [0.15, 0.2) is 0 Å². The summed E-state index contributed by atoms with van der Waals surface area (Å²) < 4.78 is 0. The Labute approximate surface area is 78.3 Å². The van der Waals surface area contributed by atoms with Crippen molar-refractivity contribution in [2.75, 3.05) is 6.54 Å². The smallest absolute Gasteiger partial charge is 0.242 e. The van der Waals surface area contributed by atoms with Crippen molar-refractivity contribution in [3.8, 4) is 0 Å². The number of nitrogens with one attached hydrogen (secondary N) is 1. The van der Waals surface area contributed by atoms with Crippen LogP contribution >= 0.6 is 0 Å². The van der Waals surface area contributed by atoms with Crippen LogP contribution in [0.5, 0.6) is 0 Å². The average molecular weight is 184 g/mol. The molecule has 0 bridgehead atoms. The fourth-order valence-corrected chi connectivity index (χ4v) is 1.29. The van der Waals surface area contributed by atoms with Crippen LogP contribution in [0, 0.1) is 0 Å². The summed E-state index contributed by atoms with van der Waals surface area (Å²) in [4.78, 5) is 24.0. The van der Waals surface area contributed by atoms with E-state index >= 15 is 0 Å². The highest BCUT2D eigenvalue weighted by Crippen LogP contribution is 2.12. The molecule has 13 heavy (non-hydrogen) atoms. The second-order valence-corrected chi connectivity index (χ2v) is 3.68. The molecule has 1 fully saturated rings. The van der Waals surface area contributed by atoms with Gasteiger partial charge >= 0.3 is 0 Å². The van der Waals surface area contributed by atoms with Crippen LogP contribution < -0.4 is 5.32 Å². The first-order valence-corrected chi connectivity index (χ1v) is 4.62. The summed E-state index contributed by atoms with van der Waals surface area (Å²) >= 11 is 0. The molecule has 1 saturated heterocycles. The summed E-state index contributed by atoms with van der Waals surface area (Å²) in [5.74, 6) is 0.00876. The van der Waals surface area contributed by atoms with Gasteiger partial charge in [0.2, 0.25) is 11.8 Å². The van der Waals surface area contributed by atoms with E-state index in [2.05, 4.69) is 5.32 Å². The van der Waals surface area contributed by atoms with Gasteiger partial charge < -0.3 is 10.2 Å². The van der Waals surface area contributed by atoms with Crippen molar-refractivity contribution < 1.29 is 9.59 Å². The fraction of sp³-hybridized carbons (Fsp3) is 0.778. The monoisotopic (exact) mass is 184 g/mol. The van der Waals surface area contributed by atoms with Crippen molar-refractivity contribution in [1.82, 2.24) is 10.2 Å². The van der Waals surface area contributed by atoms with Crippen LogP contribution in [0.4, 0.5) is 0 Å². The third-order valence-corrected chi connectivity index (χ3v) is 2.16. The summed E-state index contributed by atoms with van der Waals surface area (Å²) in [6.07, 6.45) is 0.583. The third-order valence-electron chi connectivity index (χ3n) is 2.16. The molecule has 0 spiro atoms. The average Bonchev–Trinajstić information content (AvgIpc) is 2.00. The molecule has 1 heterocycles. The van der Waals surface area contributed by atoms with Gasteiger partial charge in [-0.1, -0.05) is 0 Å². The van der Waals surface area contributed by atoms with Crippen LogP contribution in [0.1, 0.15) is 27.2 Å². The Bertz CT molecular complexity index is 226. The standard InChI is InChI=1S/C9H16N2O2/c1-6(2)10-9(13)7(3)11-5-4-8(11)12/h6-7H,4-5H2,1-3H3,(H,10,13)/t7-/m1/s1. The summed E-state index contributed by atoms with van der Waals surface area (Å²) in [7, 11) is 0. The lowest BCUT2D eigenvalue weighted by Crippen LogP contribution is -2.55. The number of nitrogens with zero attached hydrogens (tertiary/aromatic N) is 1. The maximum Gasteiger partial charge on any atom is 0.242 e. The molecule has 1 aliphatic heterocycles. The molecule has 0 saturated carbocycles. The van der Waals surface area contributed by atoms with Crippen molar-refractivity contribution in [2.24, 2.45) is 0 Å². The Hall–Kier alpha value is -1.06. The molecule has 1 rings (SSSR count). The Morgan fingerprint density at radius 1 is 1.46 bits per heavy atom. The van der Waals surface area contributed by atoms with Gasteiger partial charge in [-0.05, 0) is 20.8 Å². The van der Waals surface area contributed by atoms with Gasteiger partial charge in [-0.2, -0.15) is 0 Å². The van der Waals surface area contributed by atoms with Crippen molar-refractivity contribution in [3.63, 3.8) is 0 Å². The molecule has 4 nitrogen and oxygen atoms in total. The number of carbonyl (C=O) groups is 2. The quantitative estimate of drug-likeness (QED) is 0.634. The van der Waals surface area contributed by atoms with Gasteiger partial charge in [0, 0.05) is 19.0 Å². The minimum atomic E-state index is -0.316. The Balaban J connectivity index is 2.42. The van der Waals surface area contributed by atoms with E-state index in [1.807, 2.05) is 13.8 Å². The molecule has 0 aliphatic carbocycles. The number of hydrogen-bond acceptors (Lipinski definition) is 2. The Kier molecular flexibility index (Phi) is 2.90. The highest BCUT2D eigenvalue weighted by Gasteiger charge is 2.32. The zero-order valence-corrected chi connectivity index (χ0v) is 8.33. The summed E-state index contributed by atoms with van der Waals surface area (Å²) in [5, 5.41) is 2.78. The number of hydrogen-bond donors (Lipinski definition) is 1. The molecular formula is C9H16N2O2. The van der Waals surface area contributed by atoms with E-state index in [0.29, 0.717) is 13.0 Å². The zero-order valence-electron chi connectivity index (χ0n) is 8.33. The first kappa shape index (κ1) is 10.0. The second-order valence-electron chi connectivity index (χ2n) is 3.68. The molecule has 1 aliphatic rings. The minimum absolute atomic E-state index is 0.0666. The van der Waals surface area contributed by atoms with Crippen molar-refractivity contribution in [1.29, 1.82) is 0 Å². The SMILES string of the molecule is CC(C)NC(=O)[C@@H](C)N1CCC1=O. The number of likely N-dealkylation sites (tertiary alicyclic amines) is 1. The largest absolute Gasteiger partial charge is 0.352 e. The minimum Gasteiger partial charge on any atom is -0.352 e. The number of β-lactam (4-membered cyclic amide) rings is 1. The highest BCUT2D eigenvalue weighted by atomic mass is 16.2. The predicted octanol–water partition coefficient (Wildman–Crippen LogP) is 0.132. The molecular weight excluding hydrogens is 168 g/mol. The molecule has 0 aromatic rings. The highest BCUT2D eigenvalue weighted by molar-refractivity contribution is 5.90. The molecule has 2 amide bonds. The predicted molar refractivity (Wildman–Crippen MR) is 49.1 cm³/mol. The summed E-state index contributed by atoms with van der Waals surface area (Å²) in [5.41, 5.74) is 0. The van der Waals surface area contributed by atoms with Crippen molar-refractivity contribution in [2.45, 2.75) is 39.3 Å². The van der Waals surface area contributed by atoms with Gasteiger partial charge in [-0.3, -0.25) is 9.59 Å². The van der Waals surface area contributed by atoms with E-state index in [9.17, 15) is 9.59 Å². The maximum absolute atomic E-state index is 11.4. The molecule has 4 heteroatoms. The van der Waals surface area contributed by atoms with Crippen LogP contribution in [-0.2, 0) is 9.59 Å². The Morgan fingerprint density at radius 3 is 2.38 bits per heavy atom. The lowest BCUT2D eigenvalue weighted by molar-refractivity contribution is -0.148. The van der Waals surface area contributed by atoms with Crippen LogP contribution in [0.25, 0.3) is 0 Å². The lowest BCUT2D eigenvalue weighted by atomic mass is 10.1. The van der Waals surface area contributed by atoms with E-state index < -0.39 is 0 Å². The fourth-order valence-electron chi connectivity index (χ4n) is 1.29. The van der Waals surface area contributed by atoms with E-state index in [1.165, 1.54) is 0 Å². The van der Waals surface area contributed by atoms with Crippen molar-refractivity contribution in [3.05, 3.63) is 0 Å². The van der Waals surface area contributed by atoms with E-state index in [0.717, 1.165) is 0 Å². The number of rotatable bonds is 3. The van der Waals surface area contributed by atoms with Gasteiger partial charge in [0.1, 0.15) is 6.04 Å². The van der Waals surface area contributed by atoms with E-state index in [1.54, 1.807) is 11.8 Å². The number of amides is 2. The van der Waals surface area contributed by atoms with Crippen molar-refractivity contribution >= 4 is 11.8 Å².